The second-order valence-electron chi connectivity index (χ2n) is 11.1. The van der Waals surface area contributed by atoms with Gasteiger partial charge in [-0.25, -0.2) is 4.98 Å². The van der Waals surface area contributed by atoms with Crippen molar-refractivity contribution in [2.24, 2.45) is 5.92 Å². The molecule has 3 amide bonds. The summed E-state index contributed by atoms with van der Waals surface area (Å²) in [6.45, 7) is 6.26. The lowest BCUT2D eigenvalue weighted by Crippen LogP contribution is -2.65. The number of anilines is 2. The number of ether oxygens (including phenoxy) is 2. The Morgan fingerprint density at radius 3 is 2.45 bits per heavy atom. The van der Waals surface area contributed by atoms with Crippen molar-refractivity contribution in [3.63, 3.8) is 0 Å². The highest BCUT2D eigenvalue weighted by Gasteiger charge is 2.46. The summed E-state index contributed by atoms with van der Waals surface area (Å²) < 4.78 is 12.3. The second-order valence-corrected chi connectivity index (χ2v) is 12.4. The summed E-state index contributed by atoms with van der Waals surface area (Å²) in [5, 5.41) is 39.4. The molecule has 3 heterocycles. The van der Waals surface area contributed by atoms with Crippen LogP contribution in [0.4, 0.5) is 11.5 Å². The van der Waals surface area contributed by atoms with Gasteiger partial charge in [-0.2, -0.15) is 0 Å². The van der Waals surface area contributed by atoms with Gasteiger partial charge in [-0.3, -0.25) is 14.4 Å². The number of nitrogens with zero attached hydrogens (tertiary/aromatic N) is 2. The van der Waals surface area contributed by atoms with Gasteiger partial charge in [-0.1, -0.05) is 27.5 Å². The number of aliphatic hydroxyl groups excluding tert-OH is 3. The van der Waals surface area contributed by atoms with Crippen LogP contribution in [-0.2, 0) is 14.3 Å². The van der Waals surface area contributed by atoms with Crippen molar-refractivity contribution >= 4 is 56.8 Å². The van der Waals surface area contributed by atoms with Gasteiger partial charge < -0.3 is 45.6 Å². The molecule has 44 heavy (non-hydrogen) atoms. The van der Waals surface area contributed by atoms with E-state index in [1.165, 1.54) is 31.3 Å². The third kappa shape index (κ3) is 8.24. The monoisotopic (exact) mass is 697 g/mol. The van der Waals surface area contributed by atoms with E-state index in [-0.39, 0.29) is 34.6 Å². The zero-order chi connectivity index (χ0) is 32.1. The number of carbonyl (C=O) groups is 3. The number of hydrogen-bond donors (Lipinski definition) is 6. The van der Waals surface area contributed by atoms with Crippen LogP contribution in [0.1, 0.15) is 44.0 Å². The van der Waals surface area contributed by atoms with E-state index in [0.29, 0.717) is 28.4 Å². The van der Waals surface area contributed by atoms with E-state index in [1.807, 2.05) is 0 Å². The fraction of sp³-hybridized carbons (Fsp3) is 0.517. The van der Waals surface area contributed by atoms with Crippen LogP contribution in [0.3, 0.4) is 0 Å². The number of aliphatic hydroxyl groups is 3. The SMILES string of the molecule is CC(=O)NC1C(Oc2cc(Br)cc(C(=O)Nc3ccc(Cl)cn3)c2NC(=O)C2CCN(C(C)C)CC2)OC(CO)C(O)C1O. The summed E-state index contributed by atoms with van der Waals surface area (Å²) >= 11 is 9.32. The standard InChI is InChI=1S/C29H37BrClN5O8/c1-14(2)36-8-6-16(7-9-36)27(41)35-23-19(28(42)34-22-5-4-18(31)12-32-22)10-17(30)11-20(23)43-29-24(33-15(3)38)26(40)25(39)21(13-37)44-29/h4-5,10-12,14,16,21,24-26,29,37,39-40H,6-9,13H2,1-3H3,(H,33,38)(H,35,41)(H,32,34,42). The largest absolute Gasteiger partial charge is 0.460 e. The lowest BCUT2D eigenvalue weighted by atomic mass is 9.94. The molecule has 4 rings (SSSR count). The Bertz CT molecular complexity index is 1340. The average molecular weight is 699 g/mol. The number of rotatable bonds is 9. The first-order valence-corrected chi connectivity index (χ1v) is 15.4. The normalized spacial score (nSPS) is 24.5. The molecule has 0 bridgehead atoms. The minimum Gasteiger partial charge on any atom is -0.460 e. The van der Waals surface area contributed by atoms with Crippen LogP contribution in [0.5, 0.6) is 5.75 Å². The molecular weight excluding hydrogens is 662 g/mol. The van der Waals surface area contributed by atoms with Crippen molar-refractivity contribution in [1.82, 2.24) is 15.2 Å². The molecule has 0 saturated carbocycles. The van der Waals surface area contributed by atoms with Crippen molar-refractivity contribution in [3.05, 3.63) is 45.5 Å². The average Bonchev–Trinajstić information content (AvgIpc) is 2.98. The maximum Gasteiger partial charge on any atom is 0.259 e. The third-order valence-electron chi connectivity index (χ3n) is 7.65. The first-order valence-electron chi connectivity index (χ1n) is 14.3. The fourth-order valence-corrected chi connectivity index (χ4v) is 5.76. The van der Waals surface area contributed by atoms with Crippen molar-refractivity contribution in [1.29, 1.82) is 0 Å². The molecule has 15 heteroatoms. The predicted octanol–water partition coefficient (Wildman–Crippen LogP) is 2.13. The molecule has 5 unspecified atom stereocenters. The van der Waals surface area contributed by atoms with Crippen LogP contribution in [0, 0.1) is 5.92 Å². The molecule has 0 radical (unpaired) electrons. The van der Waals surface area contributed by atoms with Gasteiger partial charge >= 0.3 is 0 Å². The molecule has 0 spiro atoms. The van der Waals surface area contributed by atoms with Crippen molar-refractivity contribution in [2.45, 2.75) is 70.3 Å². The summed E-state index contributed by atoms with van der Waals surface area (Å²) in [7, 11) is 0. The number of piperidine rings is 1. The molecule has 5 atom stereocenters. The first kappa shape index (κ1) is 34.0. The molecule has 2 aromatic rings. The van der Waals surface area contributed by atoms with Gasteiger partial charge in [0.2, 0.25) is 18.1 Å². The third-order valence-corrected chi connectivity index (χ3v) is 8.33. The number of hydrogen-bond acceptors (Lipinski definition) is 10. The van der Waals surface area contributed by atoms with Crippen LogP contribution in [0.2, 0.25) is 5.02 Å². The van der Waals surface area contributed by atoms with E-state index in [9.17, 15) is 29.7 Å². The van der Waals surface area contributed by atoms with Crippen molar-refractivity contribution in [2.75, 3.05) is 30.3 Å². The molecule has 13 nitrogen and oxygen atoms in total. The van der Waals surface area contributed by atoms with Gasteiger partial charge in [0.1, 0.15) is 35.9 Å². The van der Waals surface area contributed by atoms with Crippen LogP contribution >= 0.6 is 27.5 Å². The van der Waals surface area contributed by atoms with E-state index >= 15 is 0 Å². The predicted molar refractivity (Wildman–Crippen MR) is 165 cm³/mol. The summed E-state index contributed by atoms with van der Waals surface area (Å²) in [6, 6.07) is 5.16. The Balaban J connectivity index is 1.70. The van der Waals surface area contributed by atoms with E-state index in [4.69, 9.17) is 21.1 Å². The van der Waals surface area contributed by atoms with E-state index in [1.54, 1.807) is 6.07 Å². The number of aromatic nitrogens is 1. The van der Waals surface area contributed by atoms with Gasteiger partial charge in [0.15, 0.2) is 0 Å². The first-order chi connectivity index (χ1) is 20.9. The van der Waals surface area contributed by atoms with Gasteiger partial charge in [0, 0.05) is 29.6 Å². The number of halogens is 2. The lowest BCUT2D eigenvalue weighted by molar-refractivity contribution is -0.244. The number of nitrogens with one attached hydrogen (secondary N) is 3. The number of carbonyl (C=O) groups excluding carboxylic acids is 3. The number of pyridine rings is 1. The molecule has 240 valence electrons. The quantitative estimate of drug-likeness (QED) is 0.227. The van der Waals surface area contributed by atoms with Crippen molar-refractivity contribution < 1.29 is 39.2 Å². The Hall–Kier alpha value is -2.85. The van der Waals surface area contributed by atoms with Gasteiger partial charge in [-0.15, -0.1) is 0 Å². The number of likely N-dealkylation sites (tertiary alicyclic amines) is 1. The van der Waals surface area contributed by atoms with E-state index < -0.39 is 49.1 Å². The number of amides is 3. The summed E-state index contributed by atoms with van der Waals surface area (Å²) in [4.78, 5) is 45.5. The van der Waals surface area contributed by atoms with E-state index in [0.717, 1.165) is 13.1 Å². The van der Waals surface area contributed by atoms with Crippen LogP contribution in [0.25, 0.3) is 0 Å². The van der Waals surface area contributed by atoms with Gasteiger partial charge in [0.05, 0.1) is 22.9 Å². The van der Waals surface area contributed by atoms with Crippen molar-refractivity contribution in [3.8, 4) is 5.75 Å². The summed E-state index contributed by atoms with van der Waals surface area (Å²) in [5.41, 5.74) is 0.0348. The van der Waals surface area contributed by atoms with Gasteiger partial charge in [-0.05, 0) is 64.0 Å². The molecule has 2 fully saturated rings. The topological polar surface area (TPSA) is 183 Å². The summed E-state index contributed by atoms with van der Waals surface area (Å²) in [6.07, 6.45) is -3.15. The Morgan fingerprint density at radius 2 is 1.86 bits per heavy atom. The molecular formula is C29H37BrClN5O8. The highest BCUT2D eigenvalue weighted by Crippen LogP contribution is 2.37. The van der Waals surface area contributed by atoms with Gasteiger partial charge in [0.25, 0.3) is 5.91 Å². The minimum absolute atomic E-state index is 0.0160. The Morgan fingerprint density at radius 1 is 1.16 bits per heavy atom. The molecule has 6 N–H and O–H groups in total. The van der Waals surface area contributed by atoms with E-state index in [2.05, 4.69) is 55.6 Å². The summed E-state index contributed by atoms with van der Waals surface area (Å²) in [5.74, 6) is -1.61. The molecule has 1 aromatic heterocycles. The lowest BCUT2D eigenvalue weighted by Gasteiger charge is -2.42. The minimum atomic E-state index is -1.56. The smallest absolute Gasteiger partial charge is 0.259 e. The maximum absolute atomic E-state index is 13.6. The molecule has 1 aromatic carbocycles. The Labute approximate surface area is 268 Å². The second kappa shape index (κ2) is 15.0. The fourth-order valence-electron chi connectivity index (χ4n) is 5.22. The molecule has 2 aliphatic heterocycles. The number of benzene rings is 1. The molecule has 2 aliphatic rings. The highest BCUT2D eigenvalue weighted by molar-refractivity contribution is 9.10. The maximum atomic E-state index is 13.6. The van der Waals surface area contributed by atoms with Crippen LogP contribution in [0.15, 0.2) is 34.9 Å². The van der Waals surface area contributed by atoms with Crippen LogP contribution < -0.4 is 20.7 Å². The van der Waals surface area contributed by atoms with Crippen LogP contribution in [-0.4, -0.2) is 99.3 Å². The zero-order valence-corrected chi connectivity index (χ0v) is 26.8. The highest BCUT2D eigenvalue weighted by atomic mass is 79.9. The molecule has 2 saturated heterocycles. The zero-order valence-electron chi connectivity index (χ0n) is 24.5. The Kier molecular flexibility index (Phi) is 11.6. The molecule has 0 aliphatic carbocycles.